The quantitative estimate of drug-likeness (QED) is 0.767. The Labute approximate surface area is 179 Å². The zero-order valence-electron chi connectivity index (χ0n) is 18.4. The van der Waals surface area contributed by atoms with Gasteiger partial charge in [0.15, 0.2) is 0 Å². The van der Waals surface area contributed by atoms with Crippen LogP contribution >= 0.6 is 0 Å². The summed E-state index contributed by atoms with van der Waals surface area (Å²) in [6.07, 6.45) is 2.39. The van der Waals surface area contributed by atoms with Crippen molar-refractivity contribution in [2.45, 2.75) is 65.5 Å². The summed E-state index contributed by atoms with van der Waals surface area (Å²) in [6, 6.07) is 7.53. The summed E-state index contributed by atoms with van der Waals surface area (Å²) in [4.78, 5) is 14.4. The fourth-order valence-electron chi connectivity index (χ4n) is 3.87. The maximum atomic E-state index is 12.8. The van der Waals surface area contributed by atoms with Crippen molar-refractivity contribution >= 4 is 26.8 Å². The zero-order valence-corrected chi connectivity index (χ0v) is 19.3. The number of piperidine rings is 1. The summed E-state index contributed by atoms with van der Waals surface area (Å²) in [5.74, 6) is 0.530. The molecule has 0 saturated carbocycles. The van der Waals surface area contributed by atoms with E-state index in [-0.39, 0.29) is 17.6 Å². The first-order valence-electron chi connectivity index (χ1n) is 10.5. The van der Waals surface area contributed by atoms with Gasteiger partial charge in [0.1, 0.15) is 10.7 Å². The van der Waals surface area contributed by atoms with E-state index < -0.39 is 10.0 Å². The summed E-state index contributed by atoms with van der Waals surface area (Å²) in [6.45, 7) is 11.0. The molecule has 30 heavy (non-hydrogen) atoms. The van der Waals surface area contributed by atoms with Crippen LogP contribution in [0.15, 0.2) is 34.2 Å². The number of hydrogen-bond donors (Lipinski definition) is 2. The minimum atomic E-state index is -3.71. The van der Waals surface area contributed by atoms with Crippen LogP contribution in [0.5, 0.6) is 0 Å². The van der Waals surface area contributed by atoms with Gasteiger partial charge in [-0.15, -0.1) is 4.40 Å². The van der Waals surface area contributed by atoms with Crippen LogP contribution < -0.4 is 10.6 Å². The third-order valence-electron chi connectivity index (χ3n) is 5.38. The SMILES string of the molecule is CCc1ccc(C2=C(C)C(N3CCC(NC(=O)NC(C)(C)C)CC3)=NS2(=O)=O)cc1. The lowest BCUT2D eigenvalue weighted by atomic mass is 10.0. The molecule has 2 aliphatic rings. The molecule has 1 aromatic carbocycles. The van der Waals surface area contributed by atoms with E-state index >= 15 is 0 Å². The topological polar surface area (TPSA) is 90.9 Å². The van der Waals surface area contributed by atoms with E-state index in [9.17, 15) is 13.2 Å². The van der Waals surface area contributed by atoms with Gasteiger partial charge in [-0.3, -0.25) is 0 Å². The molecule has 0 bridgehead atoms. The molecule has 2 amide bonds. The molecule has 0 spiro atoms. The van der Waals surface area contributed by atoms with Gasteiger partial charge in [0, 0.05) is 30.2 Å². The van der Waals surface area contributed by atoms with Crippen molar-refractivity contribution in [1.82, 2.24) is 15.5 Å². The summed E-state index contributed by atoms with van der Waals surface area (Å²) < 4.78 is 29.7. The first-order chi connectivity index (χ1) is 14.0. The number of carbonyl (C=O) groups is 1. The Bertz CT molecular complexity index is 965. The van der Waals surface area contributed by atoms with Gasteiger partial charge in [-0.25, -0.2) is 4.79 Å². The van der Waals surface area contributed by atoms with Crippen LogP contribution in [0.25, 0.3) is 4.91 Å². The lowest BCUT2D eigenvalue weighted by Gasteiger charge is -2.34. The van der Waals surface area contributed by atoms with Crippen LogP contribution in [0.4, 0.5) is 4.79 Å². The van der Waals surface area contributed by atoms with Crippen LogP contribution in [0.1, 0.15) is 58.6 Å². The van der Waals surface area contributed by atoms with E-state index in [0.717, 1.165) is 19.3 Å². The molecule has 8 heteroatoms. The number of sulfonamides is 1. The lowest BCUT2D eigenvalue weighted by Crippen LogP contribution is -2.52. The highest BCUT2D eigenvalue weighted by Crippen LogP contribution is 2.34. The standard InChI is InChI=1S/C22H32N4O3S/c1-6-16-7-9-17(10-8-16)19-15(2)20(25-30(19,28)29)26-13-11-18(12-14-26)23-21(27)24-22(3,4)5/h7-10,18H,6,11-14H2,1-5H3,(H2,23,24,27). The third kappa shape index (κ3) is 5.03. The zero-order chi connectivity index (χ0) is 22.1. The van der Waals surface area contributed by atoms with Crippen molar-refractivity contribution in [1.29, 1.82) is 0 Å². The molecule has 2 heterocycles. The molecule has 3 rings (SSSR count). The normalized spacial score (nSPS) is 19.6. The highest BCUT2D eigenvalue weighted by atomic mass is 32.2. The molecule has 2 N–H and O–H groups in total. The number of nitrogens with one attached hydrogen (secondary N) is 2. The molecular weight excluding hydrogens is 400 g/mol. The number of benzene rings is 1. The Morgan fingerprint density at radius 1 is 1.17 bits per heavy atom. The highest BCUT2D eigenvalue weighted by molar-refractivity contribution is 8.00. The second-order valence-corrected chi connectivity index (χ2v) is 10.5. The van der Waals surface area contributed by atoms with Gasteiger partial charge >= 0.3 is 6.03 Å². The van der Waals surface area contributed by atoms with Crippen molar-refractivity contribution in [2.75, 3.05) is 13.1 Å². The number of amides is 2. The minimum absolute atomic E-state index is 0.0626. The Hall–Kier alpha value is -2.35. The van der Waals surface area contributed by atoms with Gasteiger partial charge in [-0.1, -0.05) is 31.2 Å². The van der Waals surface area contributed by atoms with Crippen molar-refractivity contribution < 1.29 is 13.2 Å². The predicted molar refractivity (Wildman–Crippen MR) is 121 cm³/mol. The smallest absolute Gasteiger partial charge is 0.315 e. The molecule has 1 fully saturated rings. The fraction of sp³-hybridized carbons (Fsp3) is 0.545. The third-order valence-corrected chi connectivity index (χ3v) is 6.85. The van der Waals surface area contributed by atoms with Crippen molar-refractivity contribution in [3.8, 4) is 0 Å². The van der Waals surface area contributed by atoms with Gasteiger partial charge < -0.3 is 15.5 Å². The molecule has 2 aliphatic heterocycles. The van der Waals surface area contributed by atoms with Gasteiger partial charge in [-0.2, -0.15) is 8.42 Å². The summed E-state index contributed by atoms with van der Waals surface area (Å²) in [5, 5.41) is 5.92. The van der Waals surface area contributed by atoms with E-state index in [1.54, 1.807) is 0 Å². The van der Waals surface area contributed by atoms with Crippen LogP contribution in [0.2, 0.25) is 0 Å². The molecule has 0 unspecified atom stereocenters. The van der Waals surface area contributed by atoms with Crippen LogP contribution in [0, 0.1) is 0 Å². The van der Waals surface area contributed by atoms with E-state index in [1.165, 1.54) is 5.56 Å². The monoisotopic (exact) mass is 432 g/mol. The Morgan fingerprint density at radius 2 is 1.77 bits per heavy atom. The lowest BCUT2D eigenvalue weighted by molar-refractivity contribution is 0.218. The molecule has 0 atom stereocenters. The number of rotatable bonds is 3. The van der Waals surface area contributed by atoms with Gasteiger partial charge in [-0.05, 0) is 58.1 Å². The van der Waals surface area contributed by atoms with Crippen molar-refractivity contribution in [3.05, 3.63) is 41.0 Å². The fourth-order valence-corrected chi connectivity index (χ4v) is 5.36. The second kappa shape index (κ2) is 8.41. The molecule has 0 aliphatic carbocycles. The maximum Gasteiger partial charge on any atom is 0.315 e. The largest absolute Gasteiger partial charge is 0.356 e. The average molecular weight is 433 g/mol. The molecule has 7 nitrogen and oxygen atoms in total. The first-order valence-corrected chi connectivity index (χ1v) is 11.9. The Morgan fingerprint density at radius 3 is 2.30 bits per heavy atom. The Balaban J connectivity index is 1.70. The van der Waals surface area contributed by atoms with E-state index in [2.05, 4.69) is 22.0 Å². The number of likely N-dealkylation sites (tertiary alicyclic amines) is 1. The minimum Gasteiger partial charge on any atom is -0.356 e. The average Bonchev–Trinajstić information content (AvgIpc) is 2.90. The van der Waals surface area contributed by atoms with Crippen LogP contribution in [-0.4, -0.2) is 49.9 Å². The van der Waals surface area contributed by atoms with E-state index in [1.807, 2.05) is 56.9 Å². The number of amidine groups is 1. The van der Waals surface area contributed by atoms with Crippen LogP contribution in [0.3, 0.4) is 0 Å². The molecule has 164 valence electrons. The molecular formula is C22H32N4O3S. The van der Waals surface area contributed by atoms with Gasteiger partial charge in [0.25, 0.3) is 10.0 Å². The van der Waals surface area contributed by atoms with Gasteiger partial charge in [0.05, 0.1) is 0 Å². The molecule has 1 aromatic rings. The molecule has 0 aromatic heterocycles. The predicted octanol–water partition coefficient (Wildman–Crippen LogP) is 3.28. The number of carbonyl (C=O) groups excluding carboxylic acids is 1. The maximum absolute atomic E-state index is 12.8. The number of urea groups is 1. The highest BCUT2D eigenvalue weighted by Gasteiger charge is 2.35. The van der Waals surface area contributed by atoms with Crippen molar-refractivity contribution in [3.63, 3.8) is 0 Å². The number of aryl methyl sites for hydroxylation is 1. The van der Waals surface area contributed by atoms with Crippen LogP contribution in [-0.2, 0) is 16.4 Å². The number of nitrogens with zero attached hydrogens (tertiary/aromatic N) is 2. The molecule has 0 radical (unpaired) electrons. The summed E-state index contributed by atoms with van der Waals surface area (Å²) in [7, 11) is -3.71. The van der Waals surface area contributed by atoms with E-state index in [4.69, 9.17) is 0 Å². The first kappa shape index (κ1) is 22.3. The van der Waals surface area contributed by atoms with Crippen molar-refractivity contribution in [2.24, 2.45) is 4.40 Å². The molecule has 1 saturated heterocycles. The van der Waals surface area contributed by atoms with Gasteiger partial charge in [0.2, 0.25) is 0 Å². The van der Waals surface area contributed by atoms with E-state index in [0.29, 0.717) is 35.0 Å². The summed E-state index contributed by atoms with van der Waals surface area (Å²) in [5.41, 5.74) is 2.25. The number of hydrogen-bond acceptors (Lipinski definition) is 4. The Kier molecular flexibility index (Phi) is 6.26. The summed E-state index contributed by atoms with van der Waals surface area (Å²) >= 11 is 0. The second-order valence-electron chi connectivity index (χ2n) is 9.00.